The van der Waals surface area contributed by atoms with Crippen LogP contribution in [0.2, 0.25) is 0 Å². The molecule has 0 bridgehead atoms. The summed E-state index contributed by atoms with van der Waals surface area (Å²) in [6, 6.07) is 0. The molecular weight excluding hydrogens is 99.5 g/mol. The number of carbonyl (C=O) groups excluding carboxylic acids is 1. The molecule has 0 spiro atoms. The molecule has 0 aliphatic rings. The van der Waals surface area contributed by atoms with Gasteiger partial charge in [-0.05, 0) is 13.8 Å². The Bertz CT molecular complexity index is 58.6. The fourth-order valence-corrected chi connectivity index (χ4v) is 0. The van der Waals surface area contributed by atoms with E-state index < -0.39 is 0 Å². The van der Waals surface area contributed by atoms with Gasteiger partial charge in [-0.2, -0.15) is 0 Å². The molecular formula is C4H7ClO. The molecule has 0 unspecified atom stereocenters. The van der Waals surface area contributed by atoms with Crippen molar-refractivity contribution in [2.24, 2.45) is 0 Å². The third kappa shape index (κ3) is 2.21. The van der Waals surface area contributed by atoms with Gasteiger partial charge in [0.1, 0.15) is 5.78 Å². The SMILES string of the molecule is CC(=O)[C@H](C)Cl. The third-order valence-electron chi connectivity index (χ3n) is 0.560. The van der Waals surface area contributed by atoms with Gasteiger partial charge in [0.15, 0.2) is 0 Å². The quantitative estimate of drug-likeness (QED) is 0.459. The zero-order chi connectivity index (χ0) is 5.15. The van der Waals surface area contributed by atoms with Crippen LogP contribution >= 0.6 is 11.6 Å². The van der Waals surface area contributed by atoms with E-state index in [1.807, 2.05) is 0 Å². The van der Waals surface area contributed by atoms with Crippen molar-refractivity contribution >= 4 is 17.4 Å². The van der Waals surface area contributed by atoms with Gasteiger partial charge in [-0.25, -0.2) is 0 Å². The summed E-state index contributed by atoms with van der Waals surface area (Å²) in [6.45, 7) is 3.13. The van der Waals surface area contributed by atoms with Crippen LogP contribution in [0.3, 0.4) is 0 Å². The average Bonchev–Trinajstić information content (AvgIpc) is 1.36. The number of ketones is 1. The highest BCUT2D eigenvalue weighted by atomic mass is 35.5. The topological polar surface area (TPSA) is 17.1 Å². The van der Waals surface area contributed by atoms with Crippen molar-refractivity contribution in [3.05, 3.63) is 0 Å². The van der Waals surface area contributed by atoms with Crippen LogP contribution in [0.1, 0.15) is 13.8 Å². The Labute approximate surface area is 42.3 Å². The molecule has 0 aromatic carbocycles. The molecule has 0 N–H and O–H groups in total. The summed E-state index contributed by atoms with van der Waals surface area (Å²) >= 11 is 5.26. The van der Waals surface area contributed by atoms with Crippen molar-refractivity contribution in [3.63, 3.8) is 0 Å². The summed E-state index contributed by atoms with van der Waals surface area (Å²) in [5.41, 5.74) is 0. The van der Waals surface area contributed by atoms with Gasteiger partial charge in [0.25, 0.3) is 0 Å². The van der Waals surface area contributed by atoms with Crippen molar-refractivity contribution < 1.29 is 4.79 Å². The fourth-order valence-electron chi connectivity index (χ4n) is 0. The Morgan fingerprint density at radius 1 is 1.83 bits per heavy atom. The number of hydrogen-bond donors (Lipinski definition) is 0. The molecule has 0 aromatic heterocycles. The zero-order valence-electron chi connectivity index (χ0n) is 3.86. The van der Waals surface area contributed by atoms with Gasteiger partial charge in [-0.15, -0.1) is 11.6 Å². The van der Waals surface area contributed by atoms with Crippen LogP contribution < -0.4 is 0 Å². The van der Waals surface area contributed by atoms with E-state index in [9.17, 15) is 4.79 Å². The van der Waals surface area contributed by atoms with Crippen LogP contribution in [0.4, 0.5) is 0 Å². The summed E-state index contributed by atoms with van der Waals surface area (Å²) in [6.07, 6.45) is 0. The zero-order valence-corrected chi connectivity index (χ0v) is 4.62. The van der Waals surface area contributed by atoms with Gasteiger partial charge in [0.05, 0.1) is 5.38 Å². The third-order valence-corrected chi connectivity index (χ3v) is 0.867. The first-order chi connectivity index (χ1) is 2.64. The van der Waals surface area contributed by atoms with Crippen molar-refractivity contribution in [1.29, 1.82) is 0 Å². The number of halogens is 1. The summed E-state index contributed by atoms with van der Waals surface area (Å²) in [7, 11) is 0. The van der Waals surface area contributed by atoms with Crippen LogP contribution in [0.5, 0.6) is 0 Å². The van der Waals surface area contributed by atoms with Crippen molar-refractivity contribution in [2.75, 3.05) is 0 Å². The first kappa shape index (κ1) is 5.96. The standard InChI is InChI=1S/C4H7ClO/c1-3(5)4(2)6/h3H,1-2H3/t3-/m0/s1. The van der Waals surface area contributed by atoms with Crippen molar-refractivity contribution in [2.45, 2.75) is 19.2 Å². The molecule has 0 saturated carbocycles. The van der Waals surface area contributed by atoms with Gasteiger partial charge >= 0.3 is 0 Å². The maximum absolute atomic E-state index is 10.0. The van der Waals surface area contributed by atoms with Crippen molar-refractivity contribution in [3.8, 4) is 0 Å². The lowest BCUT2D eigenvalue weighted by Gasteiger charge is -1.88. The van der Waals surface area contributed by atoms with Crippen LogP contribution in [0.25, 0.3) is 0 Å². The fraction of sp³-hybridized carbons (Fsp3) is 0.750. The summed E-state index contributed by atoms with van der Waals surface area (Å²) in [5, 5.41) is -0.315. The number of alkyl halides is 1. The molecule has 0 fully saturated rings. The number of carbonyl (C=O) groups is 1. The Balaban J connectivity index is 3.26. The molecule has 0 amide bonds. The molecule has 6 heavy (non-hydrogen) atoms. The summed E-state index contributed by atoms with van der Waals surface area (Å²) in [4.78, 5) is 10.0. The molecule has 0 aromatic rings. The predicted molar refractivity (Wildman–Crippen MR) is 26.0 cm³/mol. The second kappa shape index (κ2) is 2.19. The number of rotatable bonds is 1. The normalized spacial score (nSPS) is 13.8. The first-order valence-electron chi connectivity index (χ1n) is 1.79. The van der Waals surface area contributed by atoms with Gasteiger partial charge in [-0.1, -0.05) is 0 Å². The molecule has 1 atom stereocenters. The predicted octanol–water partition coefficient (Wildman–Crippen LogP) is 1.20. The molecule has 2 heteroatoms. The maximum Gasteiger partial charge on any atom is 0.147 e. The molecule has 1 nitrogen and oxygen atoms in total. The van der Waals surface area contributed by atoms with Crippen LogP contribution in [0, 0.1) is 0 Å². The van der Waals surface area contributed by atoms with Gasteiger partial charge < -0.3 is 0 Å². The summed E-state index contributed by atoms with van der Waals surface area (Å²) in [5.74, 6) is 0.0247. The molecule has 0 radical (unpaired) electrons. The summed E-state index contributed by atoms with van der Waals surface area (Å²) < 4.78 is 0. The maximum atomic E-state index is 10.0. The van der Waals surface area contributed by atoms with E-state index in [0.29, 0.717) is 0 Å². The lowest BCUT2D eigenvalue weighted by molar-refractivity contribution is -0.116. The highest BCUT2D eigenvalue weighted by molar-refractivity contribution is 6.30. The Morgan fingerprint density at radius 2 is 2.00 bits per heavy atom. The second-order valence-electron chi connectivity index (χ2n) is 1.23. The highest BCUT2D eigenvalue weighted by Gasteiger charge is 1.98. The molecule has 36 valence electrons. The minimum Gasteiger partial charge on any atom is -0.298 e. The number of hydrogen-bond acceptors (Lipinski definition) is 1. The second-order valence-corrected chi connectivity index (χ2v) is 1.88. The molecule has 0 heterocycles. The lowest BCUT2D eigenvalue weighted by atomic mass is 10.3. The minimum atomic E-state index is -0.315. The highest BCUT2D eigenvalue weighted by Crippen LogP contribution is 1.91. The van der Waals surface area contributed by atoms with Crippen molar-refractivity contribution in [1.82, 2.24) is 0 Å². The Kier molecular flexibility index (Phi) is 2.18. The van der Waals surface area contributed by atoms with E-state index in [0.717, 1.165) is 0 Å². The van der Waals surface area contributed by atoms with Crippen LogP contribution in [-0.2, 0) is 4.79 Å². The van der Waals surface area contributed by atoms with Gasteiger partial charge in [-0.3, -0.25) is 4.79 Å². The Morgan fingerprint density at radius 3 is 2.00 bits per heavy atom. The van der Waals surface area contributed by atoms with E-state index >= 15 is 0 Å². The first-order valence-corrected chi connectivity index (χ1v) is 2.22. The van der Waals surface area contributed by atoms with E-state index in [-0.39, 0.29) is 11.2 Å². The van der Waals surface area contributed by atoms with Gasteiger partial charge in [0, 0.05) is 0 Å². The van der Waals surface area contributed by atoms with E-state index in [2.05, 4.69) is 0 Å². The molecule has 0 rings (SSSR count). The lowest BCUT2D eigenvalue weighted by Crippen LogP contribution is -2.02. The monoisotopic (exact) mass is 106 g/mol. The largest absolute Gasteiger partial charge is 0.298 e. The average molecular weight is 107 g/mol. The smallest absolute Gasteiger partial charge is 0.147 e. The molecule has 0 aliphatic carbocycles. The molecule has 0 saturated heterocycles. The van der Waals surface area contributed by atoms with E-state index in [1.165, 1.54) is 6.92 Å². The minimum absolute atomic E-state index is 0.0247. The van der Waals surface area contributed by atoms with E-state index in [4.69, 9.17) is 11.6 Å². The Hall–Kier alpha value is -0.0400. The van der Waals surface area contributed by atoms with Crippen LogP contribution in [-0.4, -0.2) is 11.2 Å². The number of Topliss-reactive ketones (excluding diaryl/α,β-unsaturated/α-hetero) is 1. The van der Waals surface area contributed by atoms with Crippen LogP contribution in [0.15, 0.2) is 0 Å². The molecule has 0 aliphatic heterocycles. The van der Waals surface area contributed by atoms with Gasteiger partial charge in [0.2, 0.25) is 0 Å². The van der Waals surface area contributed by atoms with E-state index in [1.54, 1.807) is 6.92 Å².